The Morgan fingerprint density at radius 1 is 1.27 bits per heavy atom. The van der Waals surface area contributed by atoms with Crippen LogP contribution in [0.5, 0.6) is 0 Å². The summed E-state index contributed by atoms with van der Waals surface area (Å²) in [6.07, 6.45) is 0. The molecular formula is C19H28N4O2S. The van der Waals surface area contributed by atoms with E-state index in [-0.39, 0.29) is 17.4 Å². The molecule has 0 spiro atoms. The zero-order chi connectivity index (χ0) is 19.5. The third-order valence-electron chi connectivity index (χ3n) is 3.57. The topological polar surface area (TPSA) is 71.3 Å². The van der Waals surface area contributed by atoms with Gasteiger partial charge in [0, 0.05) is 31.6 Å². The van der Waals surface area contributed by atoms with Crippen LogP contribution in [0.2, 0.25) is 0 Å². The Bertz CT molecular complexity index is 763. The van der Waals surface area contributed by atoms with Gasteiger partial charge in [0.25, 0.3) is 5.91 Å². The molecule has 1 amide bonds. The maximum atomic E-state index is 12.0. The van der Waals surface area contributed by atoms with E-state index in [1.807, 2.05) is 45.0 Å². The molecule has 0 radical (unpaired) electrons. The largest absolute Gasteiger partial charge is 0.455 e. The van der Waals surface area contributed by atoms with Gasteiger partial charge >= 0.3 is 0 Å². The van der Waals surface area contributed by atoms with E-state index in [2.05, 4.69) is 36.1 Å². The third kappa shape index (κ3) is 5.49. The van der Waals surface area contributed by atoms with E-state index >= 15 is 0 Å². The first-order chi connectivity index (χ1) is 12.1. The van der Waals surface area contributed by atoms with Gasteiger partial charge in [0.05, 0.1) is 11.4 Å². The molecule has 142 valence electrons. The number of thioether (sulfide) groups is 1. The number of furan rings is 1. The van der Waals surface area contributed by atoms with E-state index in [4.69, 9.17) is 4.42 Å². The second-order valence-electron chi connectivity index (χ2n) is 7.72. The second kappa shape index (κ2) is 8.12. The summed E-state index contributed by atoms with van der Waals surface area (Å²) in [5, 5.41) is 3.52. The van der Waals surface area contributed by atoms with Crippen LogP contribution in [0.3, 0.4) is 0 Å². The Morgan fingerprint density at radius 3 is 2.54 bits per heavy atom. The van der Waals surface area contributed by atoms with Gasteiger partial charge in [-0.3, -0.25) is 4.79 Å². The smallest absolute Gasteiger partial charge is 0.287 e. The molecule has 0 aliphatic heterocycles. The molecule has 0 saturated carbocycles. The molecule has 0 saturated heterocycles. The van der Waals surface area contributed by atoms with Gasteiger partial charge in [-0.25, -0.2) is 9.97 Å². The van der Waals surface area contributed by atoms with Gasteiger partial charge in [-0.05, 0) is 26.0 Å². The lowest BCUT2D eigenvalue weighted by Gasteiger charge is -2.21. The number of aromatic nitrogens is 2. The summed E-state index contributed by atoms with van der Waals surface area (Å²) in [7, 11) is 3.94. The minimum Gasteiger partial charge on any atom is -0.455 e. The Labute approximate surface area is 159 Å². The van der Waals surface area contributed by atoms with E-state index in [0.29, 0.717) is 16.7 Å². The fourth-order valence-electron chi connectivity index (χ4n) is 2.14. The molecule has 1 N–H and O–H groups in total. The van der Waals surface area contributed by atoms with Crippen LogP contribution in [0.15, 0.2) is 27.8 Å². The molecule has 0 atom stereocenters. The quantitative estimate of drug-likeness (QED) is 0.610. The molecule has 2 heterocycles. The van der Waals surface area contributed by atoms with Crippen molar-refractivity contribution >= 4 is 23.5 Å². The van der Waals surface area contributed by atoms with Gasteiger partial charge in [-0.2, -0.15) is 0 Å². The third-order valence-corrected chi connectivity index (χ3v) is 4.44. The van der Waals surface area contributed by atoms with E-state index in [1.54, 1.807) is 6.07 Å². The zero-order valence-corrected chi connectivity index (χ0v) is 17.4. The van der Waals surface area contributed by atoms with Crippen molar-refractivity contribution < 1.29 is 9.21 Å². The summed E-state index contributed by atoms with van der Waals surface area (Å²) >= 11 is 1.50. The number of nitrogens with zero attached hydrogens (tertiary/aromatic N) is 3. The normalized spacial score (nSPS) is 11.7. The number of amides is 1. The molecule has 2 aromatic rings. The van der Waals surface area contributed by atoms with E-state index in [1.165, 1.54) is 11.8 Å². The zero-order valence-electron chi connectivity index (χ0n) is 16.6. The van der Waals surface area contributed by atoms with Crippen molar-refractivity contribution in [2.45, 2.75) is 57.0 Å². The monoisotopic (exact) mass is 376 g/mol. The molecule has 0 aliphatic rings. The molecule has 0 aliphatic carbocycles. The highest BCUT2D eigenvalue weighted by Crippen LogP contribution is 2.28. The number of nitrogens with one attached hydrogen (secondary N) is 1. The predicted octanol–water partition coefficient (Wildman–Crippen LogP) is 3.86. The van der Waals surface area contributed by atoms with Crippen LogP contribution < -0.4 is 10.2 Å². The summed E-state index contributed by atoms with van der Waals surface area (Å²) < 4.78 is 5.64. The first-order valence-corrected chi connectivity index (χ1v) is 9.64. The molecule has 6 nitrogen and oxygen atoms in total. The van der Waals surface area contributed by atoms with Gasteiger partial charge < -0.3 is 14.6 Å². The van der Waals surface area contributed by atoms with E-state index in [9.17, 15) is 4.79 Å². The van der Waals surface area contributed by atoms with Gasteiger partial charge in [-0.15, -0.1) is 0 Å². The summed E-state index contributed by atoms with van der Waals surface area (Å²) in [4.78, 5) is 23.2. The number of rotatable bonds is 6. The van der Waals surface area contributed by atoms with Crippen molar-refractivity contribution in [3.63, 3.8) is 0 Å². The first kappa shape index (κ1) is 20.3. The van der Waals surface area contributed by atoms with E-state index in [0.717, 1.165) is 17.3 Å². The Hall–Kier alpha value is -2.02. The van der Waals surface area contributed by atoms with Crippen molar-refractivity contribution in [3.05, 3.63) is 35.4 Å². The molecule has 26 heavy (non-hydrogen) atoms. The Balaban J connectivity index is 2.13. The summed E-state index contributed by atoms with van der Waals surface area (Å²) in [5.41, 5.74) is 0.936. The van der Waals surface area contributed by atoms with Crippen molar-refractivity contribution in [2.75, 3.05) is 19.0 Å². The second-order valence-corrected chi connectivity index (χ2v) is 8.66. The number of hydrogen-bond donors (Lipinski definition) is 1. The Morgan fingerprint density at radius 2 is 1.96 bits per heavy atom. The highest BCUT2D eigenvalue weighted by Gasteiger charge is 2.19. The average Bonchev–Trinajstić information content (AvgIpc) is 3.00. The van der Waals surface area contributed by atoms with Gasteiger partial charge in [0.1, 0.15) is 11.6 Å². The van der Waals surface area contributed by atoms with Gasteiger partial charge in [-0.1, -0.05) is 32.5 Å². The lowest BCUT2D eigenvalue weighted by molar-refractivity contribution is 0.0913. The Kier molecular flexibility index (Phi) is 6.34. The number of anilines is 1. The SMILES string of the molecule is CC(C)NC(=O)c1ccc(CSc2nc(N(C)C)cc(C(C)(C)C)n2)o1. The van der Waals surface area contributed by atoms with Crippen molar-refractivity contribution in [3.8, 4) is 0 Å². The van der Waals surface area contributed by atoms with Crippen LogP contribution in [-0.2, 0) is 11.2 Å². The first-order valence-electron chi connectivity index (χ1n) is 8.65. The van der Waals surface area contributed by atoms with Crippen molar-refractivity contribution in [2.24, 2.45) is 0 Å². The predicted molar refractivity (Wildman–Crippen MR) is 106 cm³/mol. The molecule has 0 fully saturated rings. The minimum atomic E-state index is -0.197. The fraction of sp³-hybridized carbons (Fsp3) is 0.526. The highest BCUT2D eigenvalue weighted by molar-refractivity contribution is 7.98. The van der Waals surface area contributed by atoms with Crippen molar-refractivity contribution in [1.29, 1.82) is 0 Å². The van der Waals surface area contributed by atoms with Crippen molar-refractivity contribution in [1.82, 2.24) is 15.3 Å². The minimum absolute atomic E-state index is 0.0597. The molecule has 2 rings (SSSR count). The van der Waals surface area contributed by atoms with Crippen LogP contribution in [0.1, 0.15) is 56.6 Å². The lowest BCUT2D eigenvalue weighted by Crippen LogP contribution is -2.29. The van der Waals surface area contributed by atoms with Gasteiger partial charge in [0.15, 0.2) is 10.9 Å². The van der Waals surface area contributed by atoms with Crippen LogP contribution in [0.25, 0.3) is 0 Å². The molecule has 7 heteroatoms. The maximum absolute atomic E-state index is 12.0. The maximum Gasteiger partial charge on any atom is 0.287 e. The number of carbonyl (C=O) groups is 1. The van der Waals surface area contributed by atoms with Gasteiger partial charge in [0.2, 0.25) is 0 Å². The average molecular weight is 377 g/mol. The summed E-state index contributed by atoms with van der Waals surface area (Å²) in [5.74, 6) is 2.30. The molecule has 0 unspecified atom stereocenters. The molecule has 0 aromatic carbocycles. The standard InChI is InChI=1S/C19H28N4O2S/c1-12(2)20-17(24)14-9-8-13(25-14)11-26-18-21-15(19(3,4)5)10-16(22-18)23(6)7/h8-10,12H,11H2,1-7H3,(H,20,24). The lowest BCUT2D eigenvalue weighted by atomic mass is 9.92. The molecular weight excluding hydrogens is 348 g/mol. The molecule has 2 aromatic heterocycles. The molecule has 0 bridgehead atoms. The van der Waals surface area contributed by atoms with Crippen LogP contribution >= 0.6 is 11.8 Å². The summed E-state index contributed by atoms with van der Waals surface area (Å²) in [6, 6.07) is 5.61. The van der Waals surface area contributed by atoms with Crippen LogP contribution in [0, 0.1) is 0 Å². The van der Waals surface area contributed by atoms with Crippen LogP contribution in [-0.4, -0.2) is 36.0 Å². The highest BCUT2D eigenvalue weighted by atomic mass is 32.2. The van der Waals surface area contributed by atoms with E-state index < -0.39 is 0 Å². The fourth-order valence-corrected chi connectivity index (χ4v) is 2.88. The number of hydrogen-bond acceptors (Lipinski definition) is 6. The van der Waals surface area contributed by atoms with Crippen LogP contribution in [0.4, 0.5) is 5.82 Å². The number of carbonyl (C=O) groups excluding carboxylic acids is 1. The summed E-state index contributed by atoms with van der Waals surface area (Å²) in [6.45, 7) is 10.2.